The Morgan fingerprint density at radius 1 is 1.37 bits per heavy atom. The topological polar surface area (TPSA) is 84.9 Å². The second kappa shape index (κ2) is 7.25. The number of methoxy groups -OCH3 is 1. The predicted molar refractivity (Wildman–Crippen MR) is 68.2 cm³/mol. The van der Waals surface area contributed by atoms with E-state index >= 15 is 0 Å². The minimum atomic E-state index is -1.12. The highest BCUT2D eigenvalue weighted by molar-refractivity contribution is 5.76. The van der Waals surface area contributed by atoms with E-state index in [1.807, 2.05) is 25.1 Å². The van der Waals surface area contributed by atoms with Gasteiger partial charge in [0.15, 0.2) is 0 Å². The van der Waals surface area contributed by atoms with Crippen LogP contribution in [0.5, 0.6) is 5.75 Å². The number of benzene rings is 1. The van der Waals surface area contributed by atoms with Gasteiger partial charge < -0.3 is 19.9 Å². The lowest BCUT2D eigenvalue weighted by Crippen LogP contribution is -2.29. The van der Waals surface area contributed by atoms with Gasteiger partial charge >= 0.3 is 12.1 Å². The number of nitrogens with one attached hydrogen (secondary N) is 1. The molecule has 0 unspecified atom stereocenters. The average Bonchev–Trinajstić information content (AvgIpc) is 2.42. The number of alkyl carbamates (subject to hydrolysis) is 1. The smallest absolute Gasteiger partial charge is 0.407 e. The van der Waals surface area contributed by atoms with E-state index in [0.29, 0.717) is 5.75 Å². The Bertz CT molecular complexity index is 458. The molecule has 1 aromatic carbocycles. The monoisotopic (exact) mass is 267 g/mol. The van der Waals surface area contributed by atoms with E-state index in [-0.39, 0.29) is 6.61 Å². The van der Waals surface area contributed by atoms with E-state index < -0.39 is 18.6 Å². The average molecular weight is 267 g/mol. The lowest BCUT2D eigenvalue weighted by molar-refractivity contribution is -0.135. The van der Waals surface area contributed by atoms with Crippen LogP contribution >= 0.6 is 0 Å². The fourth-order valence-electron chi connectivity index (χ4n) is 1.51. The molecule has 0 heterocycles. The van der Waals surface area contributed by atoms with Crippen molar-refractivity contribution in [2.24, 2.45) is 0 Å². The summed E-state index contributed by atoms with van der Waals surface area (Å²) in [5, 5.41) is 10.5. The zero-order valence-corrected chi connectivity index (χ0v) is 10.9. The van der Waals surface area contributed by atoms with E-state index in [9.17, 15) is 9.59 Å². The third-order valence-corrected chi connectivity index (χ3v) is 2.50. The van der Waals surface area contributed by atoms with E-state index in [2.05, 4.69) is 5.32 Å². The minimum absolute atomic E-state index is 0.0302. The molecule has 6 nitrogen and oxygen atoms in total. The number of ether oxygens (including phenoxy) is 2. The lowest BCUT2D eigenvalue weighted by atomic mass is 10.1. The molecule has 0 aliphatic carbocycles. The summed E-state index contributed by atoms with van der Waals surface area (Å²) in [6.45, 7) is 1.58. The molecule has 0 aromatic heterocycles. The summed E-state index contributed by atoms with van der Waals surface area (Å²) in [6.07, 6.45) is 0.0914. The molecule has 2 N–H and O–H groups in total. The molecule has 19 heavy (non-hydrogen) atoms. The predicted octanol–water partition coefficient (Wildman–Crippen LogP) is 1.57. The number of rotatable bonds is 6. The van der Waals surface area contributed by atoms with Gasteiger partial charge in [-0.2, -0.15) is 0 Å². The first-order chi connectivity index (χ1) is 9.06. The number of carbonyl (C=O) groups is 2. The highest BCUT2D eigenvalue weighted by Crippen LogP contribution is 2.21. The zero-order chi connectivity index (χ0) is 14.3. The van der Waals surface area contributed by atoms with Gasteiger partial charge in [-0.25, -0.2) is 4.79 Å². The van der Waals surface area contributed by atoms with E-state index in [1.54, 1.807) is 0 Å². The molecular formula is C13H17NO5. The summed E-state index contributed by atoms with van der Waals surface area (Å²) in [5.41, 5.74) is 1.85. The Kier molecular flexibility index (Phi) is 5.66. The van der Waals surface area contributed by atoms with Crippen molar-refractivity contribution in [1.82, 2.24) is 5.32 Å². The largest absolute Gasteiger partial charge is 0.496 e. The lowest BCUT2D eigenvalue weighted by Gasteiger charge is -2.11. The molecule has 0 saturated carbocycles. The van der Waals surface area contributed by atoms with Gasteiger partial charge in [-0.1, -0.05) is 13.0 Å². The van der Waals surface area contributed by atoms with Gasteiger partial charge in [0.25, 0.3) is 0 Å². The van der Waals surface area contributed by atoms with Crippen LogP contribution in [0, 0.1) is 0 Å². The number of carbonyl (C=O) groups excluding carboxylic acids is 1. The molecule has 0 saturated heterocycles. The van der Waals surface area contributed by atoms with Crippen molar-refractivity contribution in [1.29, 1.82) is 0 Å². The molecule has 0 aliphatic heterocycles. The molecule has 0 spiro atoms. The Hall–Kier alpha value is -2.24. The van der Waals surface area contributed by atoms with Gasteiger partial charge in [0.05, 0.1) is 7.11 Å². The highest BCUT2D eigenvalue weighted by atomic mass is 16.5. The molecule has 0 radical (unpaired) electrons. The van der Waals surface area contributed by atoms with Crippen LogP contribution < -0.4 is 10.1 Å². The van der Waals surface area contributed by atoms with Crippen molar-refractivity contribution < 1.29 is 24.2 Å². The molecule has 0 fully saturated rings. The van der Waals surface area contributed by atoms with Crippen molar-refractivity contribution in [2.75, 3.05) is 13.7 Å². The summed E-state index contributed by atoms with van der Waals surface area (Å²) in [7, 11) is 1.54. The summed E-state index contributed by atoms with van der Waals surface area (Å²) < 4.78 is 10.1. The maximum absolute atomic E-state index is 11.2. The summed E-state index contributed by atoms with van der Waals surface area (Å²) in [6, 6.07) is 5.64. The molecule has 0 aliphatic rings. The molecular weight excluding hydrogens is 250 g/mol. The Morgan fingerprint density at radius 2 is 2.11 bits per heavy atom. The SMILES string of the molecule is CCc1ccc(OC)c(COC(=O)NCC(=O)O)c1. The van der Waals surface area contributed by atoms with Gasteiger partial charge in [-0.3, -0.25) is 4.79 Å². The van der Waals surface area contributed by atoms with Crippen LogP contribution in [0.25, 0.3) is 0 Å². The number of aryl methyl sites for hydroxylation is 1. The Balaban J connectivity index is 2.60. The first-order valence-corrected chi connectivity index (χ1v) is 5.85. The molecule has 1 rings (SSSR count). The van der Waals surface area contributed by atoms with Gasteiger partial charge in [-0.15, -0.1) is 0 Å². The van der Waals surface area contributed by atoms with Gasteiger partial charge in [0.2, 0.25) is 0 Å². The third kappa shape index (κ3) is 4.87. The van der Waals surface area contributed by atoms with Gasteiger partial charge in [-0.05, 0) is 24.1 Å². The first kappa shape index (κ1) is 14.8. The van der Waals surface area contributed by atoms with Crippen LogP contribution in [0.1, 0.15) is 18.1 Å². The van der Waals surface area contributed by atoms with E-state index in [4.69, 9.17) is 14.6 Å². The Morgan fingerprint density at radius 3 is 2.68 bits per heavy atom. The number of carboxylic acid groups (broad SMARTS) is 1. The zero-order valence-electron chi connectivity index (χ0n) is 10.9. The van der Waals surface area contributed by atoms with Crippen molar-refractivity contribution in [2.45, 2.75) is 20.0 Å². The standard InChI is InChI=1S/C13H17NO5/c1-3-9-4-5-11(18-2)10(6-9)8-19-13(17)14-7-12(15)16/h4-6H,3,7-8H2,1-2H3,(H,14,17)(H,15,16). The maximum atomic E-state index is 11.2. The molecule has 1 aromatic rings. The second-order valence-corrected chi connectivity index (χ2v) is 3.82. The molecule has 1 amide bonds. The van der Waals surface area contributed by atoms with Crippen LogP contribution in [0.15, 0.2) is 18.2 Å². The summed E-state index contributed by atoms with van der Waals surface area (Å²) in [4.78, 5) is 21.5. The van der Waals surface area contributed by atoms with Crippen LogP contribution in [-0.4, -0.2) is 30.8 Å². The number of hydrogen-bond acceptors (Lipinski definition) is 4. The van der Waals surface area contributed by atoms with Gasteiger partial charge in [0.1, 0.15) is 18.9 Å². The molecule has 104 valence electrons. The normalized spacial score (nSPS) is 9.79. The number of amides is 1. The quantitative estimate of drug-likeness (QED) is 0.817. The van der Waals surface area contributed by atoms with Crippen LogP contribution in [0.3, 0.4) is 0 Å². The van der Waals surface area contributed by atoms with Crippen LogP contribution in [-0.2, 0) is 22.6 Å². The third-order valence-electron chi connectivity index (χ3n) is 2.50. The molecule has 0 atom stereocenters. The van der Waals surface area contributed by atoms with E-state index in [0.717, 1.165) is 17.5 Å². The first-order valence-electron chi connectivity index (χ1n) is 5.85. The summed E-state index contributed by atoms with van der Waals surface area (Å²) >= 11 is 0. The maximum Gasteiger partial charge on any atom is 0.407 e. The van der Waals surface area contributed by atoms with Crippen LogP contribution in [0.4, 0.5) is 4.79 Å². The highest BCUT2D eigenvalue weighted by Gasteiger charge is 2.08. The second-order valence-electron chi connectivity index (χ2n) is 3.82. The minimum Gasteiger partial charge on any atom is -0.496 e. The molecule has 0 bridgehead atoms. The van der Waals surface area contributed by atoms with Crippen molar-refractivity contribution in [3.05, 3.63) is 29.3 Å². The van der Waals surface area contributed by atoms with Crippen molar-refractivity contribution in [3.8, 4) is 5.75 Å². The number of carboxylic acids is 1. The van der Waals surface area contributed by atoms with Gasteiger partial charge in [0, 0.05) is 5.56 Å². The summed E-state index contributed by atoms with van der Waals surface area (Å²) in [5.74, 6) is -0.495. The fraction of sp³-hybridized carbons (Fsp3) is 0.385. The molecule has 6 heteroatoms. The van der Waals surface area contributed by atoms with Crippen molar-refractivity contribution in [3.63, 3.8) is 0 Å². The van der Waals surface area contributed by atoms with Crippen molar-refractivity contribution >= 4 is 12.1 Å². The van der Waals surface area contributed by atoms with E-state index in [1.165, 1.54) is 7.11 Å². The number of aliphatic carboxylic acids is 1. The number of hydrogen-bond donors (Lipinski definition) is 2. The fourth-order valence-corrected chi connectivity index (χ4v) is 1.51. The van der Waals surface area contributed by atoms with Crippen LogP contribution in [0.2, 0.25) is 0 Å². The Labute approximate surface area is 111 Å².